The van der Waals surface area contributed by atoms with Crippen molar-refractivity contribution in [2.45, 2.75) is 37.5 Å². The molecule has 1 saturated carbocycles. The molecular formula is C14H20F3N3O. The summed E-state index contributed by atoms with van der Waals surface area (Å²) in [6.07, 6.45) is -1.18. The van der Waals surface area contributed by atoms with E-state index in [9.17, 15) is 18.3 Å². The molecule has 0 aromatic carbocycles. The van der Waals surface area contributed by atoms with Crippen LogP contribution in [0, 0.1) is 0 Å². The number of hydrogen-bond donors (Lipinski definition) is 2. The topological polar surface area (TPSA) is 48.4 Å². The number of aliphatic hydroxyl groups is 1. The van der Waals surface area contributed by atoms with Crippen LogP contribution in [0.2, 0.25) is 0 Å². The van der Waals surface area contributed by atoms with Gasteiger partial charge >= 0.3 is 6.18 Å². The highest BCUT2D eigenvalue weighted by Crippen LogP contribution is 2.34. The van der Waals surface area contributed by atoms with E-state index >= 15 is 0 Å². The van der Waals surface area contributed by atoms with Crippen molar-refractivity contribution in [2.24, 2.45) is 0 Å². The minimum absolute atomic E-state index is 0.157. The maximum Gasteiger partial charge on any atom is 0.416 e. The van der Waals surface area contributed by atoms with Crippen LogP contribution < -0.4 is 10.2 Å². The zero-order valence-electron chi connectivity index (χ0n) is 12.2. The van der Waals surface area contributed by atoms with Crippen LogP contribution in [0.5, 0.6) is 0 Å². The summed E-state index contributed by atoms with van der Waals surface area (Å²) in [4.78, 5) is 5.73. The molecule has 1 aromatic rings. The Balaban J connectivity index is 2.25. The first-order valence-electron chi connectivity index (χ1n) is 6.94. The van der Waals surface area contributed by atoms with Gasteiger partial charge in [-0.1, -0.05) is 12.8 Å². The molecule has 2 rings (SSSR count). The monoisotopic (exact) mass is 303 g/mol. The van der Waals surface area contributed by atoms with E-state index in [1.807, 2.05) is 0 Å². The lowest BCUT2D eigenvalue weighted by molar-refractivity contribution is -0.137. The molecule has 0 spiro atoms. The second kappa shape index (κ2) is 5.71. The molecule has 0 saturated heterocycles. The van der Waals surface area contributed by atoms with Gasteiger partial charge in [0.2, 0.25) is 0 Å². The molecule has 7 heteroatoms. The summed E-state index contributed by atoms with van der Waals surface area (Å²) >= 11 is 0. The largest absolute Gasteiger partial charge is 0.416 e. The van der Waals surface area contributed by atoms with Gasteiger partial charge in [-0.2, -0.15) is 13.2 Å². The Bertz CT molecular complexity index is 499. The average Bonchev–Trinajstić information content (AvgIpc) is 2.83. The Kier molecular flexibility index (Phi) is 4.32. The number of anilines is 2. The van der Waals surface area contributed by atoms with Crippen LogP contribution in [0.15, 0.2) is 12.1 Å². The highest BCUT2D eigenvalue weighted by Gasteiger charge is 2.34. The van der Waals surface area contributed by atoms with Gasteiger partial charge < -0.3 is 15.3 Å². The molecule has 118 valence electrons. The molecule has 1 aliphatic carbocycles. The van der Waals surface area contributed by atoms with Crippen LogP contribution in [-0.2, 0) is 6.18 Å². The van der Waals surface area contributed by atoms with E-state index in [1.165, 1.54) is 7.05 Å². The first kappa shape index (κ1) is 15.9. The number of alkyl halides is 3. The molecule has 1 aromatic heterocycles. The van der Waals surface area contributed by atoms with E-state index in [0.29, 0.717) is 12.8 Å². The van der Waals surface area contributed by atoms with Crippen LogP contribution in [-0.4, -0.2) is 36.3 Å². The van der Waals surface area contributed by atoms with Gasteiger partial charge in [0.05, 0.1) is 11.2 Å². The molecule has 0 bridgehead atoms. The number of nitrogens with zero attached hydrogens (tertiary/aromatic N) is 2. The standard InChI is InChI=1S/C14H20F3N3O/c1-18-11-7-10(14(15,16)17)8-12(19-11)20(2)9-13(21)5-3-4-6-13/h7-8,21H,3-6,9H2,1-2H3,(H,18,19). The van der Waals surface area contributed by atoms with Crippen LogP contribution in [0.25, 0.3) is 0 Å². The first-order chi connectivity index (χ1) is 9.73. The van der Waals surface area contributed by atoms with Gasteiger partial charge in [0.25, 0.3) is 0 Å². The van der Waals surface area contributed by atoms with Crippen molar-refractivity contribution in [1.29, 1.82) is 0 Å². The lowest BCUT2D eigenvalue weighted by atomic mass is 10.0. The summed E-state index contributed by atoms with van der Waals surface area (Å²) < 4.78 is 38.7. The maximum absolute atomic E-state index is 12.9. The Labute approximate surface area is 122 Å². The van der Waals surface area contributed by atoms with Gasteiger partial charge in [-0.15, -0.1) is 0 Å². The third kappa shape index (κ3) is 3.78. The predicted molar refractivity (Wildman–Crippen MR) is 75.5 cm³/mol. The Morgan fingerprint density at radius 1 is 1.33 bits per heavy atom. The summed E-state index contributed by atoms with van der Waals surface area (Å²) in [5.74, 6) is 0.361. The fourth-order valence-electron chi connectivity index (χ4n) is 2.72. The predicted octanol–water partition coefficient (Wildman–Crippen LogP) is 2.88. The summed E-state index contributed by atoms with van der Waals surface area (Å²) in [7, 11) is 3.18. The van der Waals surface area contributed by atoms with Crippen molar-refractivity contribution in [3.05, 3.63) is 17.7 Å². The van der Waals surface area contributed by atoms with Crippen LogP contribution >= 0.6 is 0 Å². The van der Waals surface area contributed by atoms with Crippen molar-refractivity contribution in [3.8, 4) is 0 Å². The molecule has 21 heavy (non-hydrogen) atoms. The second-order valence-corrected chi connectivity index (χ2v) is 5.63. The third-order valence-corrected chi connectivity index (χ3v) is 3.85. The van der Waals surface area contributed by atoms with E-state index in [2.05, 4.69) is 10.3 Å². The molecule has 0 atom stereocenters. The minimum Gasteiger partial charge on any atom is -0.388 e. The molecule has 1 aliphatic rings. The summed E-state index contributed by atoms with van der Waals surface area (Å²) in [5, 5.41) is 13.0. The average molecular weight is 303 g/mol. The van der Waals surface area contributed by atoms with Crippen LogP contribution in [0.3, 0.4) is 0 Å². The summed E-state index contributed by atoms with van der Waals surface area (Å²) in [5.41, 5.74) is -1.58. The number of likely N-dealkylation sites (N-methyl/N-ethyl adjacent to an activating group) is 1. The van der Waals surface area contributed by atoms with Gasteiger partial charge in [-0.05, 0) is 25.0 Å². The zero-order valence-corrected chi connectivity index (χ0v) is 12.2. The fraction of sp³-hybridized carbons (Fsp3) is 0.643. The maximum atomic E-state index is 12.9. The molecule has 1 fully saturated rings. The molecule has 2 N–H and O–H groups in total. The zero-order chi connectivity index (χ0) is 15.7. The van der Waals surface area contributed by atoms with Crippen molar-refractivity contribution >= 4 is 11.6 Å². The number of halogens is 3. The van der Waals surface area contributed by atoms with Gasteiger partial charge in [0.15, 0.2) is 0 Å². The minimum atomic E-state index is -4.42. The quantitative estimate of drug-likeness (QED) is 0.898. The van der Waals surface area contributed by atoms with E-state index in [-0.39, 0.29) is 18.2 Å². The smallest absolute Gasteiger partial charge is 0.388 e. The number of nitrogens with one attached hydrogen (secondary N) is 1. The lowest BCUT2D eigenvalue weighted by Crippen LogP contribution is -2.39. The van der Waals surface area contributed by atoms with E-state index < -0.39 is 17.3 Å². The third-order valence-electron chi connectivity index (χ3n) is 3.85. The first-order valence-corrected chi connectivity index (χ1v) is 6.94. The molecule has 0 unspecified atom stereocenters. The van der Waals surface area contributed by atoms with Gasteiger partial charge in [-0.3, -0.25) is 0 Å². The van der Waals surface area contributed by atoms with Crippen molar-refractivity contribution in [2.75, 3.05) is 30.9 Å². The van der Waals surface area contributed by atoms with Crippen molar-refractivity contribution in [1.82, 2.24) is 4.98 Å². The highest BCUT2D eigenvalue weighted by molar-refractivity contribution is 5.51. The lowest BCUT2D eigenvalue weighted by Gasteiger charge is -2.29. The molecule has 4 nitrogen and oxygen atoms in total. The Morgan fingerprint density at radius 2 is 1.95 bits per heavy atom. The molecular weight excluding hydrogens is 283 g/mol. The second-order valence-electron chi connectivity index (χ2n) is 5.63. The normalized spacial score (nSPS) is 17.8. The van der Waals surface area contributed by atoms with Gasteiger partial charge in [0, 0.05) is 20.6 Å². The Morgan fingerprint density at radius 3 is 2.48 bits per heavy atom. The van der Waals surface area contributed by atoms with E-state index in [4.69, 9.17) is 0 Å². The number of aromatic nitrogens is 1. The molecule has 0 radical (unpaired) electrons. The summed E-state index contributed by atoms with van der Waals surface area (Å²) in [6.45, 7) is 0.282. The SMILES string of the molecule is CNc1cc(C(F)(F)F)cc(N(C)CC2(O)CCCC2)n1. The number of hydrogen-bond acceptors (Lipinski definition) is 4. The number of pyridine rings is 1. The van der Waals surface area contributed by atoms with Gasteiger partial charge in [-0.25, -0.2) is 4.98 Å². The van der Waals surface area contributed by atoms with Crippen molar-refractivity contribution in [3.63, 3.8) is 0 Å². The highest BCUT2D eigenvalue weighted by atomic mass is 19.4. The Hall–Kier alpha value is -1.50. The van der Waals surface area contributed by atoms with Gasteiger partial charge in [0.1, 0.15) is 11.6 Å². The van der Waals surface area contributed by atoms with E-state index in [0.717, 1.165) is 25.0 Å². The fourth-order valence-corrected chi connectivity index (χ4v) is 2.72. The number of rotatable bonds is 4. The van der Waals surface area contributed by atoms with Crippen LogP contribution in [0.1, 0.15) is 31.2 Å². The van der Waals surface area contributed by atoms with E-state index in [1.54, 1.807) is 11.9 Å². The molecule has 0 aliphatic heterocycles. The molecule has 1 heterocycles. The van der Waals surface area contributed by atoms with Crippen molar-refractivity contribution < 1.29 is 18.3 Å². The molecule has 0 amide bonds. The van der Waals surface area contributed by atoms with Crippen LogP contribution in [0.4, 0.5) is 24.8 Å². The summed E-state index contributed by atoms with van der Waals surface area (Å²) in [6, 6.07) is 1.99.